The SMILES string of the molecule is CN(Cc1cccc(CN)c1)c1ccc(C(F)(F)F)nn1. The maximum atomic E-state index is 12.4. The van der Waals surface area contributed by atoms with Crippen molar-refractivity contribution in [1.82, 2.24) is 10.2 Å². The molecule has 0 atom stereocenters. The molecule has 0 unspecified atom stereocenters. The molecular formula is C14H15F3N4. The summed E-state index contributed by atoms with van der Waals surface area (Å²) in [5.41, 5.74) is 6.58. The number of hydrogen-bond donors (Lipinski definition) is 1. The Kier molecular flexibility index (Phi) is 4.42. The molecule has 2 aromatic rings. The molecule has 1 aromatic heterocycles. The van der Waals surface area contributed by atoms with Crippen LogP contribution in [0, 0.1) is 0 Å². The Morgan fingerprint density at radius 1 is 1.10 bits per heavy atom. The van der Waals surface area contributed by atoms with E-state index in [1.807, 2.05) is 24.3 Å². The van der Waals surface area contributed by atoms with Crippen LogP contribution in [0.3, 0.4) is 0 Å². The number of hydrogen-bond acceptors (Lipinski definition) is 4. The van der Waals surface area contributed by atoms with Crippen molar-refractivity contribution in [2.24, 2.45) is 5.73 Å². The molecule has 7 heteroatoms. The Balaban J connectivity index is 2.11. The first-order valence-electron chi connectivity index (χ1n) is 6.30. The van der Waals surface area contributed by atoms with Crippen LogP contribution in [0.1, 0.15) is 16.8 Å². The highest BCUT2D eigenvalue weighted by molar-refractivity contribution is 5.38. The lowest BCUT2D eigenvalue weighted by molar-refractivity contribution is -0.141. The van der Waals surface area contributed by atoms with Crippen LogP contribution in [0.15, 0.2) is 36.4 Å². The van der Waals surface area contributed by atoms with Gasteiger partial charge in [-0.05, 0) is 23.3 Å². The highest BCUT2D eigenvalue weighted by atomic mass is 19.4. The second kappa shape index (κ2) is 6.09. The lowest BCUT2D eigenvalue weighted by Gasteiger charge is -2.18. The van der Waals surface area contributed by atoms with Gasteiger partial charge in [0.2, 0.25) is 0 Å². The third-order valence-electron chi connectivity index (χ3n) is 2.98. The first-order valence-corrected chi connectivity index (χ1v) is 6.30. The van der Waals surface area contributed by atoms with Crippen molar-refractivity contribution < 1.29 is 13.2 Å². The van der Waals surface area contributed by atoms with Crippen LogP contribution >= 0.6 is 0 Å². The summed E-state index contributed by atoms with van der Waals surface area (Å²) in [6.07, 6.45) is -4.47. The van der Waals surface area contributed by atoms with Gasteiger partial charge in [0.25, 0.3) is 0 Å². The highest BCUT2D eigenvalue weighted by Crippen LogP contribution is 2.27. The van der Waals surface area contributed by atoms with Crippen molar-refractivity contribution in [2.75, 3.05) is 11.9 Å². The zero-order valence-corrected chi connectivity index (χ0v) is 11.4. The van der Waals surface area contributed by atoms with Crippen molar-refractivity contribution in [3.63, 3.8) is 0 Å². The summed E-state index contributed by atoms with van der Waals surface area (Å²) in [4.78, 5) is 1.72. The van der Waals surface area contributed by atoms with Gasteiger partial charge >= 0.3 is 6.18 Å². The summed E-state index contributed by atoms with van der Waals surface area (Å²) in [6.45, 7) is 0.950. The molecule has 0 amide bonds. The zero-order valence-electron chi connectivity index (χ0n) is 11.4. The normalized spacial score (nSPS) is 11.5. The molecule has 0 saturated carbocycles. The van der Waals surface area contributed by atoms with Gasteiger partial charge in [-0.15, -0.1) is 10.2 Å². The summed E-state index contributed by atoms with van der Waals surface area (Å²) < 4.78 is 37.3. The molecule has 0 aliphatic heterocycles. The van der Waals surface area contributed by atoms with Crippen LogP contribution < -0.4 is 10.6 Å². The van der Waals surface area contributed by atoms with E-state index in [-0.39, 0.29) is 0 Å². The van der Waals surface area contributed by atoms with Crippen molar-refractivity contribution >= 4 is 5.82 Å². The molecule has 0 saturated heterocycles. The minimum atomic E-state index is -4.47. The van der Waals surface area contributed by atoms with Crippen LogP contribution in [-0.2, 0) is 19.3 Å². The molecule has 1 aromatic carbocycles. The van der Waals surface area contributed by atoms with Crippen LogP contribution in [0.5, 0.6) is 0 Å². The van der Waals surface area contributed by atoms with Crippen LogP contribution in [0.4, 0.5) is 19.0 Å². The maximum absolute atomic E-state index is 12.4. The first kappa shape index (κ1) is 15.2. The third kappa shape index (κ3) is 3.91. The monoisotopic (exact) mass is 296 g/mol. The van der Waals surface area contributed by atoms with Crippen molar-refractivity contribution in [3.8, 4) is 0 Å². The van der Waals surface area contributed by atoms with Crippen molar-refractivity contribution in [3.05, 3.63) is 53.2 Å². The molecule has 2 rings (SSSR count). The minimum Gasteiger partial charge on any atom is -0.354 e. The summed E-state index contributed by atoms with van der Waals surface area (Å²) >= 11 is 0. The molecule has 4 nitrogen and oxygen atoms in total. The molecule has 0 radical (unpaired) electrons. The minimum absolute atomic E-state index is 0.376. The maximum Gasteiger partial charge on any atom is 0.435 e. The Morgan fingerprint density at radius 3 is 2.38 bits per heavy atom. The van der Waals surface area contributed by atoms with Gasteiger partial charge in [-0.25, -0.2) is 0 Å². The van der Waals surface area contributed by atoms with E-state index >= 15 is 0 Å². The number of nitrogens with two attached hydrogens (primary N) is 1. The van der Waals surface area contributed by atoms with E-state index in [1.54, 1.807) is 11.9 Å². The predicted octanol–water partition coefficient (Wildman–Crippen LogP) is 2.59. The summed E-state index contributed by atoms with van der Waals surface area (Å²) in [5.74, 6) is 0.376. The van der Waals surface area contributed by atoms with Crippen LogP contribution in [0.25, 0.3) is 0 Å². The number of alkyl halides is 3. The average Bonchev–Trinajstić information content (AvgIpc) is 2.46. The number of nitrogens with zero attached hydrogens (tertiary/aromatic N) is 3. The van der Waals surface area contributed by atoms with E-state index in [9.17, 15) is 13.2 Å². The molecule has 112 valence electrons. The Morgan fingerprint density at radius 2 is 1.81 bits per heavy atom. The number of halogens is 3. The molecule has 2 N–H and O–H groups in total. The zero-order chi connectivity index (χ0) is 15.5. The van der Waals surface area contributed by atoms with Gasteiger partial charge in [0.05, 0.1) is 0 Å². The lowest BCUT2D eigenvalue weighted by Crippen LogP contribution is -2.19. The smallest absolute Gasteiger partial charge is 0.354 e. The number of anilines is 1. The number of rotatable bonds is 4. The fraction of sp³-hybridized carbons (Fsp3) is 0.286. The van der Waals surface area contributed by atoms with E-state index in [1.165, 1.54) is 6.07 Å². The van der Waals surface area contributed by atoms with E-state index in [0.29, 0.717) is 18.9 Å². The second-order valence-corrected chi connectivity index (χ2v) is 4.65. The third-order valence-corrected chi connectivity index (χ3v) is 2.98. The Labute approximate surface area is 120 Å². The van der Waals surface area contributed by atoms with Crippen LogP contribution in [0.2, 0.25) is 0 Å². The van der Waals surface area contributed by atoms with Gasteiger partial charge < -0.3 is 10.6 Å². The van der Waals surface area contributed by atoms with Crippen molar-refractivity contribution in [1.29, 1.82) is 0 Å². The topological polar surface area (TPSA) is 55.0 Å². The first-order chi connectivity index (χ1) is 9.90. The summed E-state index contributed by atoms with van der Waals surface area (Å²) in [5, 5.41) is 6.82. The summed E-state index contributed by atoms with van der Waals surface area (Å²) in [7, 11) is 1.74. The van der Waals surface area contributed by atoms with Crippen LogP contribution in [-0.4, -0.2) is 17.2 Å². The van der Waals surface area contributed by atoms with E-state index in [0.717, 1.165) is 17.2 Å². The molecule has 0 aliphatic carbocycles. The molecular weight excluding hydrogens is 281 g/mol. The quantitative estimate of drug-likeness (QED) is 0.942. The van der Waals surface area contributed by atoms with E-state index in [4.69, 9.17) is 5.73 Å². The molecule has 0 spiro atoms. The van der Waals surface area contributed by atoms with Gasteiger partial charge in [-0.3, -0.25) is 0 Å². The average molecular weight is 296 g/mol. The second-order valence-electron chi connectivity index (χ2n) is 4.65. The van der Waals surface area contributed by atoms with Gasteiger partial charge in [-0.2, -0.15) is 13.2 Å². The molecule has 0 bridgehead atoms. The van der Waals surface area contributed by atoms with Gasteiger partial charge in [-0.1, -0.05) is 24.3 Å². The predicted molar refractivity (Wildman–Crippen MR) is 73.5 cm³/mol. The molecule has 0 aliphatic rings. The van der Waals surface area contributed by atoms with E-state index < -0.39 is 11.9 Å². The largest absolute Gasteiger partial charge is 0.435 e. The molecule has 1 heterocycles. The van der Waals surface area contributed by atoms with Gasteiger partial charge in [0.1, 0.15) is 0 Å². The number of benzene rings is 1. The Hall–Kier alpha value is -2.15. The molecule has 0 fully saturated rings. The highest BCUT2D eigenvalue weighted by Gasteiger charge is 2.32. The fourth-order valence-electron chi connectivity index (χ4n) is 1.89. The van der Waals surface area contributed by atoms with Gasteiger partial charge in [0.15, 0.2) is 11.5 Å². The molecule has 21 heavy (non-hydrogen) atoms. The van der Waals surface area contributed by atoms with Gasteiger partial charge in [0, 0.05) is 20.1 Å². The lowest BCUT2D eigenvalue weighted by atomic mass is 10.1. The summed E-state index contributed by atoms with van der Waals surface area (Å²) in [6, 6.07) is 9.92. The van der Waals surface area contributed by atoms with E-state index in [2.05, 4.69) is 10.2 Å². The van der Waals surface area contributed by atoms with Crippen molar-refractivity contribution in [2.45, 2.75) is 19.3 Å². The fourth-order valence-corrected chi connectivity index (χ4v) is 1.89. The number of aromatic nitrogens is 2. The standard InChI is InChI=1S/C14H15F3N4/c1-21(9-11-4-2-3-10(7-11)8-18)13-6-5-12(19-20-13)14(15,16)17/h2-7H,8-9,18H2,1H3. The Bertz CT molecular complexity index is 596.